The first-order chi connectivity index (χ1) is 10.6. The van der Waals surface area contributed by atoms with Crippen LogP contribution in [0.4, 0.5) is 0 Å². The first-order valence-corrected chi connectivity index (χ1v) is 9.62. The predicted molar refractivity (Wildman–Crippen MR) is 94.1 cm³/mol. The number of thioether (sulfide) groups is 1. The van der Waals surface area contributed by atoms with Gasteiger partial charge in [0.2, 0.25) is 5.91 Å². The van der Waals surface area contributed by atoms with Crippen molar-refractivity contribution in [1.82, 2.24) is 9.80 Å². The van der Waals surface area contributed by atoms with E-state index in [-0.39, 0.29) is 16.3 Å². The summed E-state index contributed by atoms with van der Waals surface area (Å²) in [5.41, 5.74) is 0. The maximum Gasteiger partial charge on any atom is 0.223 e. The molecule has 1 aliphatic rings. The third-order valence-electron chi connectivity index (χ3n) is 4.07. The number of likely N-dealkylation sites (tertiary alicyclic amines) is 1. The molecule has 1 atom stereocenters. The summed E-state index contributed by atoms with van der Waals surface area (Å²) in [7, 11) is 0. The lowest BCUT2D eigenvalue weighted by atomic mass is 10.2. The number of carbonyl (C=O) groups is 2. The van der Waals surface area contributed by atoms with Gasteiger partial charge in [-0.15, -0.1) is 0 Å². The molecular weight excluding hydrogens is 296 g/mol. The lowest BCUT2D eigenvalue weighted by molar-refractivity contribution is -0.127. The van der Waals surface area contributed by atoms with Crippen molar-refractivity contribution in [3.63, 3.8) is 0 Å². The maximum absolute atomic E-state index is 12.0. The van der Waals surface area contributed by atoms with E-state index in [1.165, 1.54) is 50.5 Å². The topological polar surface area (TPSA) is 40.6 Å². The lowest BCUT2D eigenvalue weighted by Crippen LogP contribution is -2.32. The second-order valence-electron chi connectivity index (χ2n) is 6.18. The Morgan fingerprint density at radius 2 is 1.77 bits per heavy atom. The zero-order chi connectivity index (χ0) is 16.4. The average Bonchev–Trinajstić information content (AvgIpc) is 2.80. The van der Waals surface area contributed by atoms with Crippen LogP contribution in [0.3, 0.4) is 0 Å². The van der Waals surface area contributed by atoms with Crippen LogP contribution >= 0.6 is 11.8 Å². The van der Waals surface area contributed by atoms with Gasteiger partial charge in [0.1, 0.15) is 0 Å². The number of unbranched alkanes of at least 4 members (excludes halogenated alkanes) is 2. The van der Waals surface area contributed by atoms with Crippen LogP contribution < -0.4 is 0 Å². The molecule has 0 N–H and O–H groups in total. The second kappa shape index (κ2) is 11.1. The Morgan fingerprint density at radius 3 is 2.32 bits per heavy atom. The molecule has 0 aromatic rings. The molecule has 1 heterocycles. The van der Waals surface area contributed by atoms with Crippen LogP contribution in [-0.2, 0) is 9.59 Å². The molecule has 0 spiro atoms. The van der Waals surface area contributed by atoms with Gasteiger partial charge in [0.25, 0.3) is 0 Å². The third kappa shape index (κ3) is 7.63. The second-order valence-corrected chi connectivity index (χ2v) is 7.65. The van der Waals surface area contributed by atoms with Crippen molar-refractivity contribution < 1.29 is 9.59 Å². The zero-order valence-electron chi connectivity index (χ0n) is 14.5. The standard InChI is InChI=1S/C17H32N2O2S/c1-4-6-9-18(10-7-5-2)11-8-12-19-14-16(13-17(19)21)22-15(3)20/h16H,4-14H2,1-3H3. The Kier molecular flexibility index (Phi) is 9.80. The Morgan fingerprint density at radius 1 is 1.18 bits per heavy atom. The van der Waals surface area contributed by atoms with E-state index in [9.17, 15) is 9.59 Å². The first kappa shape index (κ1) is 19.5. The van der Waals surface area contributed by atoms with Gasteiger partial charge in [-0.2, -0.15) is 0 Å². The fourth-order valence-electron chi connectivity index (χ4n) is 2.85. The molecule has 1 amide bonds. The number of hydrogen-bond acceptors (Lipinski definition) is 4. The highest BCUT2D eigenvalue weighted by Crippen LogP contribution is 2.24. The van der Waals surface area contributed by atoms with Gasteiger partial charge < -0.3 is 9.80 Å². The predicted octanol–water partition coefficient (Wildman–Crippen LogP) is 3.16. The van der Waals surface area contributed by atoms with Crippen molar-refractivity contribution in [2.24, 2.45) is 0 Å². The van der Waals surface area contributed by atoms with E-state index in [2.05, 4.69) is 18.7 Å². The molecule has 1 unspecified atom stereocenters. The summed E-state index contributed by atoms with van der Waals surface area (Å²) in [6.45, 7) is 11.0. The van der Waals surface area contributed by atoms with E-state index in [1.54, 1.807) is 6.92 Å². The molecule has 0 aromatic carbocycles. The Hall–Kier alpha value is -0.550. The SMILES string of the molecule is CCCCN(CCCC)CCCN1CC(SC(C)=O)CC1=O. The fourth-order valence-corrected chi connectivity index (χ4v) is 3.80. The summed E-state index contributed by atoms with van der Waals surface area (Å²) in [6.07, 6.45) is 6.54. The highest BCUT2D eigenvalue weighted by molar-refractivity contribution is 8.14. The van der Waals surface area contributed by atoms with Crippen molar-refractivity contribution in [2.45, 2.75) is 64.5 Å². The Balaban J connectivity index is 2.28. The monoisotopic (exact) mass is 328 g/mol. The molecule has 5 heteroatoms. The van der Waals surface area contributed by atoms with Gasteiger partial charge in [0.05, 0.1) is 0 Å². The van der Waals surface area contributed by atoms with Gasteiger partial charge in [-0.1, -0.05) is 38.5 Å². The van der Waals surface area contributed by atoms with Crippen molar-refractivity contribution >= 4 is 22.8 Å². The van der Waals surface area contributed by atoms with Crippen molar-refractivity contribution in [1.29, 1.82) is 0 Å². The minimum absolute atomic E-state index is 0.116. The molecule has 1 aliphatic heterocycles. The summed E-state index contributed by atoms with van der Waals surface area (Å²) in [4.78, 5) is 27.6. The number of carbonyl (C=O) groups excluding carboxylic acids is 2. The molecule has 22 heavy (non-hydrogen) atoms. The molecule has 0 aromatic heterocycles. The third-order valence-corrected chi connectivity index (χ3v) is 5.05. The first-order valence-electron chi connectivity index (χ1n) is 8.74. The molecule has 0 aliphatic carbocycles. The van der Waals surface area contributed by atoms with Gasteiger partial charge in [0.15, 0.2) is 5.12 Å². The molecule has 0 bridgehead atoms. The smallest absolute Gasteiger partial charge is 0.223 e. The van der Waals surface area contributed by atoms with Crippen molar-refractivity contribution in [3.05, 3.63) is 0 Å². The fraction of sp³-hybridized carbons (Fsp3) is 0.882. The summed E-state index contributed by atoms with van der Waals surface area (Å²) < 4.78 is 0. The summed E-state index contributed by atoms with van der Waals surface area (Å²) >= 11 is 1.32. The van der Waals surface area contributed by atoms with Gasteiger partial charge >= 0.3 is 0 Å². The molecule has 128 valence electrons. The summed E-state index contributed by atoms with van der Waals surface area (Å²) in [5, 5.41) is 0.284. The quantitative estimate of drug-likeness (QED) is 0.584. The van der Waals surface area contributed by atoms with Crippen molar-refractivity contribution in [2.75, 3.05) is 32.7 Å². The largest absolute Gasteiger partial charge is 0.341 e. The van der Waals surface area contributed by atoms with Crippen LogP contribution in [0.1, 0.15) is 59.3 Å². The maximum atomic E-state index is 12.0. The Labute approximate surface area is 140 Å². The van der Waals surface area contributed by atoms with E-state index in [1.807, 2.05) is 4.90 Å². The number of amides is 1. The highest BCUT2D eigenvalue weighted by Gasteiger charge is 2.30. The highest BCUT2D eigenvalue weighted by atomic mass is 32.2. The molecule has 1 fully saturated rings. The van der Waals surface area contributed by atoms with Gasteiger partial charge in [-0.05, 0) is 38.9 Å². The summed E-state index contributed by atoms with van der Waals surface area (Å²) in [6, 6.07) is 0. The molecule has 1 rings (SSSR count). The molecule has 4 nitrogen and oxygen atoms in total. The molecular formula is C17H32N2O2S. The minimum Gasteiger partial charge on any atom is -0.341 e. The van der Waals surface area contributed by atoms with Crippen LogP contribution in [0.15, 0.2) is 0 Å². The van der Waals surface area contributed by atoms with Crippen LogP contribution in [0.2, 0.25) is 0 Å². The van der Waals surface area contributed by atoms with Crippen LogP contribution in [0.25, 0.3) is 0 Å². The molecule has 0 saturated carbocycles. The lowest BCUT2D eigenvalue weighted by Gasteiger charge is -2.23. The van der Waals surface area contributed by atoms with E-state index in [0.717, 1.165) is 26.1 Å². The zero-order valence-corrected chi connectivity index (χ0v) is 15.3. The van der Waals surface area contributed by atoms with E-state index < -0.39 is 0 Å². The van der Waals surface area contributed by atoms with Crippen molar-refractivity contribution in [3.8, 4) is 0 Å². The molecule has 0 radical (unpaired) electrons. The van der Waals surface area contributed by atoms with Gasteiger partial charge in [-0.3, -0.25) is 9.59 Å². The molecule has 1 saturated heterocycles. The van der Waals surface area contributed by atoms with Gasteiger partial charge in [-0.25, -0.2) is 0 Å². The van der Waals surface area contributed by atoms with E-state index in [4.69, 9.17) is 0 Å². The minimum atomic E-state index is 0.116. The van der Waals surface area contributed by atoms with Crippen LogP contribution in [0.5, 0.6) is 0 Å². The number of nitrogens with zero attached hydrogens (tertiary/aromatic N) is 2. The van der Waals surface area contributed by atoms with Crippen LogP contribution in [0, 0.1) is 0 Å². The van der Waals surface area contributed by atoms with E-state index in [0.29, 0.717) is 6.42 Å². The number of hydrogen-bond donors (Lipinski definition) is 0. The normalized spacial score (nSPS) is 18.5. The Bertz CT molecular complexity index is 342. The van der Waals surface area contributed by atoms with Gasteiger partial charge in [0, 0.05) is 31.7 Å². The average molecular weight is 329 g/mol. The number of rotatable bonds is 11. The van der Waals surface area contributed by atoms with E-state index >= 15 is 0 Å². The summed E-state index contributed by atoms with van der Waals surface area (Å²) in [5.74, 6) is 0.215. The van der Waals surface area contributed by atoms with Crippen LogP contribution in [-0.4, -0.2) is 58.8 Å².